The van der Waals surface area contributed by atoms with Gasteiger partial charge in [-0.3, -0.25) is 4.79 Å². The van der Waals surface area contributed by atoms with E-state index in [0.29, 0.717) is 43.6 Å². The smallest absolute Gasteiger partial charge is 0.250 e. The minimum absolute atomic E-state index is 0.0872. The molecule has 0 unspecified atom stereocenters. The molecule has 4 aromatic rings. The highest BCUT2D eigenvalue weighted by atomic mass is 16.5. The topological polar surface area (TPSA) is 89.0 Å². The fraction of sp³-hybridized carbons (Fsp3) is 0.233. The van der Waals surface area contributed by atoms with Crippen LogP contribution in [0.25, 0.3) is 10.9 Å². The molecule has 0 bridgehead atoms. The number of carbonyl (C=O) groups excluding carboxylic acids is 1. The lowest BCUT2D eigenvalue weighted by atomic mass is 10.1. The van der Waals surface area contributed by atoms with E-state index in [1.54, 1.807) is 18.1 Å². The molecular formula is C30H31N5O4. The molecule has 1 amide bonds. The van der Waals surface area contributed by atoms with E-state index < -0.39 is 0 Å². The Morgan fingerprint density at radius 2 is 1.92 bits per heavy atom. The van der Waals surface area contributed by atoms with E-state index in [2.05, 4.69) is 15.3 Å². The summed E-state index contributed by atoms with van der Waals surface area (Å²) in [6.45, 7) is 1.94. The maximum absolute atomic E-state index is 13.0. The van der Waals surface area contributed by atoms with Crippen LogP contribution in [0.4, 0.5) is 17.2 Å². The minimum Gasteiger partial charge on any atom is -0.496 e. The number of hydrogen-bond acceptors (Lipinski definition) is 8. The Kier molecular flexibility index (Phi) is 7.88. The van der Waals surface area contributed by atoms with E-state index in [4.69, 9.17) is 14.2 Å². The Morgan fingerprint density at radius 3 is 2.72 bits per heavy atom. The second kappa shape index (κ2) is 11.8. The largest absolute Gasteiger partial charge is 0.496 e. The van der Waals surface area contributed by atoms with Crippen molar-refractivity contribution in [1.82, 2.24) is 14.9 Å². The predicted octanol–water partition coefficient (Wildman–Crippen LogP) is 4.80. The van der Waals surface area contributed by atoms with Crippen molar-refractivity contribution in [3.63, 3.8) is 0 Å². The van der Waals surface area contributed by atoms with Crippen LogP contribution < -0.4 is 24.4 Å². The van der Waals surface area contributed by atoms with E-state index >= 15 is 0 Å². The predicted molar refractivity (Wildman–Crippen MR) is 152 cm³/mol. The number of carbonyl (C=O) groups is 1. The first-order valence-corrected chi connectivity index (χ1v) is 12.7. The van der Waals surface area contributed by atoms with E-state index in [-0.39, 0.29) is 5.91 Å². The van der Waals surface area contributed by atoms with E-state index in [1.165, 1.54) is 6.33 Å². The number of anilines is 3. The van der Waals surface area contributed by atoms with Gasteiger partial charge < -0.3 is 29.3 Å². The van der Waals surface area contributed by atoms with E-state index in [1.807, 2.05) is 85.7 Å². The molecule has 1 aromatic heterocycles. The number of benzene rings is 3. The van der Waals surface area contributed by atoms with Gasteiger partial charge in [-0.05, 0) is 56.6 Å². The van der Waals surface area contributed by atoms with Crippen LogP contribution in [0.5, 0.6) is 17.2 Å². The van der Waals surface area contributed by atoms with Crippen molar-refractivity contribution >= 4 is 34.0 Å². The fourth-order valence-electron chi connectivity index (χ4n) is 4.36. The van der Waals surface area contributed by atoms with Crippen molar-refractivity contribution in [3.05, 3.63) is 84.7 Å². The van der Waals surface area contributed by atoms with Gasteiger partial charge in [0.25, 0.3) is 5.91 Å². The molecule has 5 rings (SSSR count). The number of amides is 1. The molecule has 2 heterocycles. The third kappa shape index (κ3) is 5.94. The molecule has 0 saturated heterocycles. The molecule has 0 saturated carbocycles. The Balaban J connectivity index is 1.36. The highest BCUT2D eigenvalue weighted by Gasteiger charge is 2.26. The molecule has 0 radical (unpaired) electrons. The fourth-order valence-corrected chi connectivity index (χ4v) is 4.36. The first-order valence-electron chi connectivity index (χ1n) is 12.7. The molecule has 0 fully saturated rings. The number of ether oxygens (including phenoxy) is 3. The number of nitrogens with one attached hydrogen (secondary N) is 1. The number of para-hydroxylation sites is 1. The Bertz CT molecular complexity index is 1490. The molecule has 0 spiro atoms. The van der Waals surface area contributed by atoms with Gasteiger partial charge in [0.1, 0.15) is 36.9 Å². The highest BCUT2D eigenvalue weighted by molar-refractivity contribution is 6.07. The molecule has 1 aliphatic rings. The van der Waals surface area contributed by atoms with Crippen molar-refractivity contribution in [2.75, 3.05) is 51.1 Å². The lowest BCUT2D eigenvalue weighted by molar-refractivity contribution is -0.114. The number of hydrogen-bond donors (Lipinski definition) is 1. The molecule has 9 heteroatoms. The summed E-state index contributed by atoms with van der Waals surface area (Å²) in [5, 5.41) is 4.10. The normalized spacial score (nSPS) is 12.9. The van der Waals surface area contributed by atoms with Gasteiger partial charge >= 0.3 is 0 Å². The van der Waals surface area contributed by atoms with Crippen LogP contribution in [0.1, 0.15) is 5.56 Å². The summed E-state index contributed by atoms with van der Waals surface area (Å²) in [6, 6.07) is 19.2. The van der Waals surface area contributed by atoms with Gasteiger partial charge in [-0.15, -0.1) is 0 Å². The molecule has 0 aliphatic carbocycles. The second-order valence-electron chi connectivity index (χ2n) is 9.28. The van der Waals surface area contributed by atoms with Crippen LogP contribution in [0.15, 0.2) is 79.1 Å². The summed E-state index contributed by atoms with van der Waals surface area (Å²) in [4.78, 5) is 25.6. The minimum atomic E-state index is -0.0872. The van der Waals surface area contributed by atoms with E-state index in [9.17, 15) is 4.79 Å². The van der Waals surface area contributed by atoms with Crippen molar-refractivity contribution in [2.24, 2.45) is 0 Å². The van der Waals surface area contributed by atoms with Crippen molar-refractivity contribution in [1.29, 1.82) is 0 Å². The summed E-state index contributed by atoms with van der Waals surface area (Å²) >= 11 is 0. The average Bonchev–Trinajstić information content (AvgIpc) is 2.96. The summed E-state index contributed by atoms with van der Waals surface area (Å²) in [5.41, 5.74) is 3.22. The van der Waals surface area contributed by atoms with Crippen molar-refractivity contribution in [2.45, 2.75) is 6.61 Å². The second-order valence-corrected chi connectivity index (χ2v) is 9.28. The zero-order valence-electron chi connectivity index (χ0n) is 22.3. The molecule has 3 aromatic carbocycles. The summed E-state index contributed by atoms with van der Waals surface area (Å²) in [5.74, 6) is 2.62. The van der Waals surface area contributed by atoms with Crippen LogP contribution in [-0.2, 0) is 11.4 Å². The number of aromatic nitrogens is 2. The zero-order valence-corrected chi connectivity index (χ0v) is 22.3. The zero-order chi connectivity index (χ0) is 27.2. The molecule has 200 valence electrons. The maximum Gasteiger partial charge on any atom is 0.250 e. The summed E-state index contributed by atoms with van der Waals surface area (Å²) in [7, 11) is 5.57. The first-order chi connectivity index (χ1) is 19.0. The summed E-state index contributed by atoms with van der Waals surface area (Å²) < 4.78 is 17.4. The standard InChI is InChI=1S/C30H31N5O4/c1-34(2)16-6-9-27(36)35-17-18-38-29-25(35)15-14-24-28(29)30(32-20-31-24)33-22-10-12-23(13-11-22)39-19-21-7-4-5-8-26(21)37-3/h4-15,20H,16-19H2,1-3H3,(H,31,32,33)/b9-6+. The van der Waals surface area contributed by atoms with Gasteiger partial charge in [0.15, 0.2) is 5.75 Å². The molecule has 9 nitrogen and oxygen atoms in total. The van der Waals surface area contributed by atoms with E-state index in [0.717, 1.165) is 33.7 Å². The highest BCUT2D eigenvalue weighted by Crippen LogP contribution is 2.41. The number of methoxy groups -OCH3 is 1. The van der Waals surface area contributed by atoms with Gasteiger partial charge in [0.05, 0.1) is 30.2 Å². The van der Waals surface area contributed by atoms with Gasteiger partial charge in [0.2, 0.25) is 0 Å². The van der Waals surface area contributed by atoms with Crippen LogP contribution in [-0.4, -0.2) is 61.7 Å². The quantitative estimate of drug-likeness (QED) is 0.312. The third-order valence-electron chi connectivity index (χ3n) is 6.29. The lowest BCUT2D eigenvalue weighted by Crippen LogP contribution is -2.37. The first kappa shape index (κ1) is 26.0. The van der Waals surface area contributed by atoms with Crippen LogP contribution in [0.3, 0.4) is 0 Å². The Labute approximate surface area is 227 Å². The van der Waals surface area contributed by atoms with Crippen LogP contribution >= 0.6 is 0 Å². The van der Waals surface area contributed by atoms with Crippen LogP contribution in [0.2, 0.25) is 0 Å². The third-order valence-corrected chi connectivity index (χ3v) is 6.29. The van der Waals surface area contributed by atoms with Crippen LogP contribution in [0, 0.1) is 0 Å². The number of likely N-dealkylation sites (N-methyl/N-ethyl adjacent to an activating group) is 1. The van der Waals surface area contributed by atoms with Crippen molar-refractivity contribution < 1.29 is 19.0 Å². The molecule has 0 atom stereocenters. The van der Waals surface area contributed by atoms with Gasteiger partial charge in [0, 0.05) is 23.9 Å². The number of nitrogens with zero attached hydrogens (tertiary/aromatic N) is 4. The molecular weight excluding hydrogens is 494 g/mol. The van der Waals surface area contributed by atoms with Gasteiger partial charge in [-0.25, -0.2) is 9.97 Å². The monoisotopic (exact) mass is 525 g/mol. The van der Waals surface area contributed by atoms with Crippen molar-refractivity contribution in [3.8, 4) is 17.2 Å². The number of rotatable bonds is 9. The summed E-state index contributed by atoms with van der Waals surface area (Å²) in [6.07, 6.45) is 4.98. The average molecular weight is 526 g/mol. The Morgan fingerprint density at radius 1 is 1.10 bits per heavy atom. The van der Waals surface area contributed by atoms with Gasteiger partial charge in [-0.1, -0.05) is 24.3 Å². The molecule has 1 N–H and O–H groups in total. The maximum atomic E-state index is 13.0. The lowest BCUT2D eigenvalue weighted by Gasteiger charge is -2.30. The Hall–Kier alpha value is -4.63. The van der Waals surface area contributed by atoms with Gasteiger partial charge in [-0.2, -0.15) is 0 Å². The number of fused-ring (bicyclic) bond motifs is 3. The molecule has 39 heavy (non-hydrogen) atoms. The molecule has 1 aliphatic heterocycles. The SMILES string of the molecule is COc1ccccc1COc1ccc(Nc2ncnc3ccc4c(c23)OCCN4C(=O)/C=C/CN(C)C)cc1.